The van der Waals surface area contributed by atoms with Gasteiger partial charge in [-0.05, 0) is 62.1 Å². The molecule has 6 rings (SSSR count). The van der Waals surface area contributed by atoms with Gasteiger partial charge in [-0.25, -0.2) is 4.39 Å². The van der Waals surface area contributed by atoms with E-state index >= 15 is 0 Å². The molecule has 0 bridgehead atoms. The lowest BCUT2D eigenvalue weighted by Gasteiger charge is -2.37. The van der Waals surface area contributed by atoms with Gasteiger partial charge in [0.05, 0.1) is 12.6 Å². The standard InChI is InChI=1S/C27H34FN5O3/c1-16-4-3-5-21(17(16)2)30-8-10-31(11-9-30)24(35)15-33-22-13-18-12-19(18)25(22)26(29-33)27(36)32-7-6-23(34)20(28)14-32/h3-5,18-20,23,34H,6-15H2,1-2H3/t18-,19-,20+,23+/m1/s1. The van der Waals surface area contributed by atoms with Gasteiger partial charge in [0.2, 0.25) is 5.91 Å². The van der Waals surface area contributed by atoms with Crippen LogP contribution in [0.15, 0.2) is 18.2 Å². The van der Waals surface area contributed by atoms with Crippen LogP contribution in [0.4, 0.5) is 10.1 Å². The number of carbonyl (C=O) groups is 2. The van der Waals surface area contributed by atoms with Crippen molar-refractivity contribution < 1.29 is 19.1 Å². The molecule has 4 atom stereocenters. The second-order valence-corrected chi connectivity index (χ2v) is 10.9. The number of alkyl halides is 1. The first-order valence-electron chi connectivity index (χ1n) is 13.1. The number of fused-ring (bicyclic) bond motifs is 3. The minimum Gasteiger partial charge on any atom is -0.390 e. The first-order chi connectivity index (χ1) is 17.3. The van der Waals surface area contributed by atoms with Crippen LogP contribution in [0.25, 0.3) is 0 Å². The Morgan fingerprint density at radius 1 is 1.11 bits per heavy atom. The smallest absolute Gasteiger partial charge is 0.274 e. The molecular weight excluding hydrogens is 461 g/mol. The number of piperidine rings is 1. The van der Waals surface area contributed by atoms with Gasteiger partial charge in [-0.3, -0.25) is 14.3 Å². The molecule has 1 N–H and O–H groups in total. The summed E-state index contributed by atoms with van der Waals surface area (Å²) in [4.78, 5) is 32.3. The van der Waals surface area contributed by atoms with Crippen molar-refractivity contribution in [1.29, 1.82) is 0 Å². The number of aliphatic hydroxyl groups is 1. The third-order valence-corrected chi connectivity index (χ3v) is 8.68. The number of nitrogens with zero attached hydrogens (tertiary/aromatic N) is 5. The molecule has 0 radical (unpaired) electrons. The van der Waals surface area contributed by atoms with Crippen LogP contribution in [0.1, 0.15) is 51.6 Å². The van der Waals surface area contributed by atoms with Crippen LogP contribution in [-0.4, -0.2) is 88.0 Å². The van der Waals surface area contributed by atoms with Gasteiger partial charge < -0.3 is 19.8 Å². The number of halogens is 1. The van der Waals surface area contributed by atoms with Crippen LogP contribution in [0.5, 0.6) is 0 Å². The van der Waals surface area contributed by atoms with E-state index in [9.17, 15) is 19.1 Å². The number of rotatable bonds is 4. The van der Waals surface area contributed by atoms with E-state index in [-0.39, 0.29) is 31.3 Å². The van der Waals surface area contributed by atoms with Crippen LogP contribution in [0.3, 0.4) is 0 Å². The van der Waals surface area contributed by atoms with Crippen molar-refractivity contribution >= 4 is 17.5 Å². The molecule has 2 amide bonds. The lowest BCUT2D eigenvalue weighted by Crippen LogP contribution is -2.50. The van der Waals surface area contributed by atoms with Gasteiger partial charge in [0.1, 0.15) is 12.7 Å². The van der Waals surface area contributed by atoms with Crippen molar-refractivity contribution in [3.8, 4) is 0 Å². The highest BCUT2D eigenvalue weighted by Gasteiger charge is 2.51. The predicted octanol–water partition coefficient (Wildman–Crippen LogP) is 2.05. The van der Waals surface area contributed by atoms with Gasteiger partial charge in [0.15, 0.2) is 5.69 Å². The lowest BCUT2D eigenvalue weighted by atomic mass is 10.0. The first kappa shape index (κ1) is 23.5. The predicted molar refractivity (Wildman–Crippen MR) is 133 cm³/mol. The van der Waals surface area contributed by atoms with Crippen molar-refractivity contribution in [3.63, 3.8) is 0 Å². The van der Waals surface area contributed by atoms with Crippen LogP contribution >= 0.6 is 0 Å². The molecular formula is C27H34FN5O3. The molecule has 0 spiro atoms. The highest BCUT2D eigenvalue weighted by atomic mass is 19.1. The highest BCUT2D eigenvalue weighted by molar-refractivity contribution is 5.95. The van der Waals surface area contributed by atoms with Crippen molar-refractivity contribution in [2.75, 3.05) is 44.2 Å². The summed E-state index contributed by atoms with van der Waals surface area (Å²) in [6, 6.07) is 6.34. The molecule has 3 heterocycles. The zero-order chi connectivity index (χ0) is 25.1. The molecule has 9 heteroatoms. The maximum atomic E-state index is 14.1. The van der Waals surface area contributed by atoms with E-state index in [1.54, 1.807) is 4.68 Å². The molecule has 3 fully saturated rings. The van der Waals surface area contributed by atoms with E-state index in [1.807, 2.05) is 4.90 Å². The number of aliphatic hydroxyl groups excluding tert-OH is 1. The van der Waals surface area contributed by atoms with E-state index < -0.39 is 12.3 Å². The first-order valence-corrected chi connectivity index (χ1v) is 13.1. The number of aryl methyl sites for hydroxylation is 1. The molecule has 1 saturated carbocycles. The van der Waals surface area contributed by atoms with Crippen molar-refractivity contribution in [2.24, 2.45) is 5.92 Å². The fourth-order valence-electron chi connectivity index (χ4n) is 6.21. The fraction of sp³-hybridized carbons (Fsp3) is 0.593. The Morgan fingerprint density at radius 3 is 2.64 bits per heavy atom. The Morgan fingerprint density at radius 2 is 1.89 bits per heavy atom. The molecule has 1 aromatic heterocycles. The summed E-state index contributed by atoms with van der Waals surface area (Å²) in [6.45, 7) is 7.47. The number of piperazine rings is 1. The van der Waals surface area contributed by atoms with Crippen LogP contribution in [-0.2, 0) is 17.8 Å². The summed E-state index contributed by atoms with van der Waals surface area (Å²) in [5, 5.41) is 14.3. The van der Waals surface area contributed by atoms with Crippen LogP contribution in [0.2, 0.25) is 0 Å². The second-order valence-electron chi connectivity index (χ2n) is 10.9. The third-order valence-electron chi connectivity index (χ3n) is 8.68. The van der Waals surface area contributed by atoms with Crippen molar-refractivity contribution in [1.82, 2.24) is 19.6 Å². The van der Waals surface area contributed by atoms with Crippen LogP contribution in [0, 0.1) is 19.8 Å². The second kappa shape index (κ2) is 8.87. The van der Waals surface area contributed by atoms with Gasteiger partial charge >= 0.3 is 0 Å². The van der Waals surface area contributed by atoms with E-state index in [1.165, 1.54) is 21.7 Å². The summed E-state index contributed by atoms with van der Waals surface area (Å²) >= 11 is 0. The Labute approximate surface area is 210 Å². The van der Waals surface area contributed by atoms with Gasteiger partial charge in [0.25, 0.3) is 5.91 Å². The van der Waals surface area contributed by atoms with Crippen molar-refractivity contribution in [2.45, 2.75) is 57.8 Å². The maximum Gasteiger partial charge on any atom is 0.274 e. The Kier molecular flexibility index (Phi) is 5.78. The van der Waals surface area contributed by atoms with E-state index in [0.717, 1.165) is 37.2 Å². The average Bonchev–Trinajstić information content (AvgIpc) is 3.40. The lowest BCUT2D eigenvalue weighted by molar-refractivity contribution is -0.132. The highest BCUT2D eigenvalue weighted by Crippen LogP contribution is 2.57. The monoisotopic (exact) mass is 495 g/mol. The van der Waals surface area contributed by atoms with Crippen LogP contribution < -0.4 is 4.90 Å². The quantitative estimate of drug-likeness (QED) is 0.702. The normalized spacial score (nSPS) is 27.2. The largest absolute Gasteiger partial charge is 0.390 e. The number of carbonyl (C=O) groups excluding carboxylic acids is 2. The van der Waals surface area contributed by atoms with Gasteiger partial charge in [-0.1, -0.05) is 12.1 Å². The Bertz CT molecular complexity index is 1200. The van der Waals surface area contributed by atoms with E-state index in [4.69, 9.17) is 0 Å². The summed E-state index contributed by atoms with van der Waals surface area (Å²) < 4.78 is 15.8. The fourth-order valence-corrected chi connectivity index (χ4v) is 6.21. The molecule has 2 aliphatic heterocycles. The summed E-state index contributed by atoms with van der Waals surface area (Å²) in [5.74, 6) is 0.608. The van der Waals surface area contributed by atoms with Gasteiger partial charge in [-0.15, -0.1) is 0 Å². The maximum absolute atomic E-state index is 14.1. The molecule has 0 unspecified atom stereocenters. The SMILES string of the molecule is Cc1cccc(N2CCN(C(=O)Cn3nc(C(=O)N4CC[C@H](O)[C@@H](F)C4)c4c3C[C@H]3C[C@@H]43)CC2)c1C. The third kappa shape index (κ3) is 3.97. The molecule has 36 heavy (non-hydrogen) atoms. The zero-order valence-corrected chi connectivity index (χ0v) is 21.0. The number of hydrogen-bond acceptors (Lipinski definition) is 5. The summed E-state index contributed by atoms with van der Waals surface area (Å²) in [6.07, 6.45) is -0.321. The Hall–Kier alpha value is -2.94. The summed E-state index contributed by atoms with van der Waals surface area (Å²) in [7, 11) is 0. The Balaban J connectivity index is 1.15. The summed E-state index contributed by atoms with van der Waals surface area (Å²) in [5.41, 5.74) is 6.13. The van der Waals surface area contributed by atoms with Gasteiger partial charge in [0, 0.05) is 49.7 Å². The number of likely N-dealkylation sites (tertiary alicyclic amines) is 1. The molecule has 1 aromatic carbocycles. The molecule has 2 saturated heterocycles. The molecule has 2 aliphatic carbocycles. The topological polar surface area (TPSA) is 81.9 Å². The zero-order valence-electron chi connectivity index (χ0n) is 21.0. The number of amides is 2. The molecule has 2 aromatic rings. The van der Waals surface area contributed by atoms with Gasteiger partial charge in [-0.2, -0.15) is 5.10 Å². The average molecular weight is 496 g/mol. The molecule has 8 nitrogen and oxygen atoms in total. The number of aromatic nitrogens is 2. The molecule has 4 aliphatic rings. The van der Waals surface area contributed by atoms with E-state index in [0.29, 0.717) is 37.2 Å². The number of hydrogen-bond donors (Lipinski definition) is 1. The number of benzene rings is 1. The molecule has 192 valence electrons. The van der Waals surface area contributed by atoms with E-state index in [2.05, 4.69) is 42.0 Å². The minimum absolute atomic E-state index is 0.0189. The number of anilines is 1. The minimum atomic E-state index is -1.43. The van der Waals surface area contributed by atoms with Crippen molar-refractivity contribution in [3.05, 3.63) is 46.3 Å².